The van der Waals surface area contributed by atoms with Gasteiger partial charge in [-0.15, -0.1) is 0 Å². The van der Waals surface area contributed by atoms with Crippen molar-refractivity contribution < 1.29 is 31.9 Å². The maximum absolute atomic E-state index is 12.6. The number of alkyl halides is 3. The second-order valence-corrected chi connectivity index (χ2v) is 5.01. The number of ether oxygens (including phenoxy) is 1. The Morgan fingerprint density at radius 2 is 1.96 bits per heavy atom. The van der Waals surface area contributed by atoms with Gasteiger partial charge in [0.2, 0.25) is 0 Å². The van der Waals surface area contributed by atoms with Crippen molar-refractivity contribution >= 4 is 17.6 Å². The minimum Gasteiger partial charge on any atom is -0.469 e. The summed E-state index contributed by atoms with van der Waals surface area (Å²) in [4.78, 5) is 23.8. The second-order valence-electron chi connectivity index (χ2n) is 5.01. The molecule has 0 aliphatic heterocycles. The number of benzene rings is 1. The number of aryl methyl sites for hydroxylation is 1. The molecule has 0 unspecified atom stereocenters. The number of nitrogens with one attached hydrogen (secondary N) is 1. The van der Waals surface area contributed by atoms with Crippen LogP contribution in [0, 0.1) is 6.92 Å². The smallest absolute Gasteiger partial charge is 0.416 e. The third kappa shape index (κ3) is 4.15. The fourth-order valence-corrected chi connectivity index (χ4v) is 1.89. The number of amides is 1. The minimum absolute atomic E-state index is 0.0442. The molecule has 1 amide bonds. The standard InChI is InChI=1S/C16H14F3NO4/c1-9-13(6-7-23-9)15(22)24-10(2)14(21)20-12-5-3-4-11(8-12)16(17,18)19/h3-8,10H,1-2H3,(H,20,21)/t10-/m1/s1. The van der Waals surface area contributed by atoms with Crippen molar-refractivity contribution in [3.8, 4) is 0 Å². The fourth-order valence-electron chi connectivity index (χ4n) is 1.89. The van der Waals surface area contributed by atoms with Crippen molar-refractivity contribution in [2.45, 2.75) is 26.1 Å². The average molecular weight is 341 g/mol. The highest BCUT2D eigenvalue weighted by Crippen LogP contribution is 2.30. The first-order valence-electron chi connectivity index (χ1n) is 6.91. The van der Waals surface area contributed by atoms with Crippen LogP contribution in [0.4, 0.5) is 18.9 Å². The van der Waals surface area contributed by atoms with E-state index in [2.05, 4.69) is 5.32 Å². The molecule has 0 spiro atoms. The molecule has 1 aromatic carbocycles. The van der Waals surface area contributed by atoms with Gasteiger partial charge in [-0.05, 0) is 38.1 Å². The Bertz CT molecular complexity index is 752. The average Bonchev–Trinajstić information content (AvgIpc) is 2.92. The number of carbonyl (C=O) groups excluding carboxylic acids is 2. The van der Waals surface area contributed by atoms with Crippen LogP contribution in [-0.2, 0) is 15.7 Å². The Kier molecular flexibility index (Phi) is 4.96. The molecule has 1 atom stereocenters. The summed E-state index contributed by atoms with van der Waals surface area (Å²) in [7, 11) is 0. The predicted molar refractivity (Wildman–Crippen MR) is 78.4 cm³/mol. The third-order valence-electron chi connectivity index (χ3n) is 3.19. The summed E-state index contributed by atoms with van der Waals surface area (Å²) in [5.41, 5.74) is -0.759. The molecule has 1 N–H and O–H groups in total. The SMILES string of the molecule is Cc1occc1C(=O)O[C@H](C)C(=O)Nc1cccc(C(F)(F)F)c1. The lowest BCUT2D eigenvalue weighted by molar-refractivity contribution is -0.137. The molecule has 8 heteroatoms. The molecule has 0 saturated heterocycles. The lowest BCUT2D eigenvalue weighted by Crippen LogP contribution is -2.30. The second kappa shape index (κ2) is 6.77. The zero-order valence-corrected chi connectivity index (χ0v) is 12.8. The van der Waals surface area contributed by atoms with E-state index >= 15 is 0 Å². The molecule has 1 heterocycles. The third-order valence-corrected chi connectivity index (χ3v) is 3.19. The van der Waals surface area contributed by atoms with Crippen molar-refractivity contribution in [1.82, 2.24) is 0 Å². The van der Waals surface area contributed by atoms with E-state index in [-0.39, 0.29) is 11.3 Å². The normalized spacial score (nSPS) is 12.5. The maximum atomic E-state index is 12.6. The zero-order valence-electron chi connectivity index (χ0n) is 12.8. The van der Waals surface area contributed by atoms with Crippen LogP contribution in [0.15, 0.2) is 41.0 Å². The van der Waals surface area contributed by atoms with E-state index in [4.69, 9.17) is 9.15 Å². The molecule has 0 aliphatic rings. The number of furan rings is 1. The van der Waals surface area contributed by atoms with E-state index in [9.17, 15) is 22.8 Å². The van der Waals surface area contributed by atoms with Crippen LogP contribution in [0.3, 0.4) is 0 Å². The molecule has 1 aromatic heterocycles. The van der Waals surface area contributed by atoms with Gasteiger partial charge in [0.05, 0.1) is 11.8 Å². The Morgan fingerprint density at radius 3 is 2.54 bits per heavy atom. The van der Waals surface area contributed by atoms with Gasteiger partial charge in [0.25, 0.3) is 5.91 Å². The topological polar surface area (TPSA) is 68.5 Å². The van der Waals surface area contributed by atoms with Crippen LogP contribution < -0.4 is 5.32 Å². The van der Waals surface area contributed by atoms with E-state index in [1.54, 1.807) is 6.92 Å². The summed E-state index contributed by atoms with van der Waals surface area (Å²) in [5, 5.41) is 2.28. The predicted octanol–water partition coefficient (Wildman–Crippen LogP) is 3.79. The highest BCUT2D eigenvalue weighted by Gasteiger charge is 2.30. The van der Waals surface area contributed by atoms with Gasteiger partial charge in [0.15, 0.2) is 6.10 Å². The molecule has 2 rings (SSSR count). The number of carbonyl (C=O) groups is 2. The number of esters is 1. The lowest BCUT2D eigenvalue weighted by Gasteiger charge is -2.14. The molecule has 0 bridgehead atoms. The van der Waals surface area contributed by atoms with Gasteiger partial charge in [-0.25, -0.2) is 4.79 Å². The monoisotopic (exact) mass is 341 g/mol. The van der Waals surface area contributed by atoms with Gasteiger partial charge in [-0.2, -0.15) is 13.2 Å². The largest absolute Gasteiger partial charge is 0.469 e. The van der Waals surface area contributed by atoms with Gasteiger partial charge in [-0.1, -0.05) is 6.07 Å². The summed E-state index contributed by atoms with van der Waals surface area (Å²) < 4.78 is 47.9. The highest BCUT2D eigenvalue weighted by atomic mass is 19.4. The van der Waals surface area contributed by atoms with Crippen LogP contribution in [0.25, 0.3) is 0 Å². The first kappa shape index (κ1) is 17.6. The maximum Gasteiger partial charge on any atom is 0.416 e. The molecule has 0 saturated carbocycles. The number of anilines is 1. The molecular formula is C16H14F3NO4. The summed E-state index contributed by atoms with van der Waals surface area (Å²) >= 11 is 0. The summed E-state index contributed by atoms with van der Waals surface area (Å²) in [6, 6.07) is 5.56. The van der Waals surface area contributed by atoms with E-state index < -0.39 is 29.7 Å². The molecule has 0 fully saturated rings. The molecule has 128 valence electrons. The summed E-state index contributed by atoms with van der Waals surface area (Å²) in [6.07, 6.45) is -4.40. The van der Waals surface area contributed by atoms with E-state index in [1.807, 2.05) is 0 Å². The van der Waals surface area contributed by atoms with Crippen LogP contribution in [0.5, 0.6) is 0 Å². The summed E-state index contributed by atoms with van der Waals surface area (Å²) in [5.74, 6) is -1.16. The van der Waals surface area contributed by atoms with Crippen LogP contribution in [0.1, 0.15) is 28.6 Å². The van der Waals surface area contributed by atoms with E-state index in [0.717, 1.165) is 12.1 Å². The van der Waals surface area contributed by atoms with Crippen LogP contribution in [0.2, 0.25) is 0 Å². The molecule has 5 nitrogen and oxygen atoms in total. The van der Waals surface area contributed by atoms with Gasteiger partial charge >= 0.3 is 12.1 Å². The molecular weight excluding hydrogens is 327 g/mol. The van der Waals surface area contributed by atoms with Crippen LogP contribution >= 0.6 is 0 Å². The Morgan fingerprint density at radius 1 is 1.25 bits per heavy atom. The molecule has 0 radical (unpaired) electrons. The number of hydrogen-bond acceptors (Lipinski definition) is 4. The lowest BCUT2D eigenvalue weighted by atomic mass is 10.2. The van der Waals surface area contributed by atoms with Crippen molar-refractivity contribution in [2.75, 3.05) is 5.32 Å². The van der Waals surface area contributed by atoms with Crippen molar-refractivity contribution in [1.29, 1.82) is 0 Å². The summed E-state index contributed by atoms with van der Waals surface area (Å²) in [6.45, 7) is 2.88. The van der Waals surface area contributed by atoms with Crippen LogP contribution in [-0.4, -0.2) is 18.0 Å². The fraction of sp³-hybridized carbons (Fsp3) is 0.250. The van der Waals surface area contributed by atoms with Gasteiger partial charge in [-0.3, -0.25) is 4.79 Å². The van der Waals surface area contributed by atoms with Crippen molar-refractivity contribution in [2.24, 2.45) is 0 Å². The Hall–Kier alpha value is -2.77. The molecule has 0 aliphatic carbocycles. The van der Waals surface area contributed by atoms with Crippen molar-refractivity contribution in [3.63, 3.8) is 0 Å². The zero-order chi connectivity index (χ0) is 17.9. The van der Waals surface area contributed by atoms with Gasteiger partial charge in [0.1, 0.15) is 11.3 Å². The van der Waals surface area contributed by atoms with E-state index in [0.29, 0.717) is 5.76 Å². The number of halogens is 3. The first-order chi connectivity index (χ1) is 11.2. The first-order valence-corrected chi connectivity index (χ1v) is 6.91. The Labute approximate surface area is 135 Å². The number of hydrogen-bond donors (Lipinski definition) is 1. The molecule has 2 aromatic rings. The van der Waals surface area contributed by atoms with Gasteiger partial charge in [0, 0.05) is 5.69 Å². The molecule has 24 heavy (non-hydrogen) atoms. The quantitative estimate of drug-likeness (QED) is 0.859. The Balaban J connectivity index is 2.02. The van der Waals surface area contributed by atoms with Gasteiger partial charge < -0.3 is 14.5 Å². The highest BCUT2D eigenvalue weighted by molar-refractivity contribution is 5.97. The van der Waals surface area contributed by atoms with E-state index in [1.165, 1.54) is 31.4 Å². The minimum atomic E-state index is -4.52. The van der Waals surface area contributed by atoms with Crippen molar-refractivity contribution in [3.05, 3.63) is 53.5 Å². The number of rotatable bonds is 4.